The third-order valence-electron chi connectivity index (χ3n) is 2.51. The Morgan fingerprint density at radius 1 is 1.32 bits per heavy atom. The molecule has 1 aromatic rings. The monoisotopic (exact) mass is 286 g/mol. The molecule has 1 aliphatic rings. The number of carbonyl (C=O) groups excluding carboxylic acids is 1. The van der Waals surface area contributed by atoms with Crippen molar-refractivity contribution in [2.75, 3.05) is 13.2 Å². The molecule has 1 heterocycles. The predicted molar refractivity (Wildman–Crippen MR) is 62.2 cm³/mol. The highest BCUT2D eigenvalue weighted by Gasteiger charge is 2.21. The lowest BCUT2D eigenvalue weighted by Gasteiger charge is -2.20. The Morgan fingerprint density at radius 3 is 2.58 bits per heavy atom. The number of carboxylic acid groups (broad SMARTS) is 1. The largest absolute Gasteiger partial charge is 0.548 e. The summed E-state index contributed by atoms with van der Waals surface area (Å²) in [5.74, 6) is -0.727. The van der Waals surface area contributed by atoms with E-state index in [-0.39, 0.29) is 4.90 Å². The van der Waals surface area contributed by atoms with E-state index in [0.717, 1.165) is 0 Å². The van der Waals surface area contributed by atoms with Gasteiger partial charge in [-0.15, -0.1) is 0 Å². The van der Waals surface area contributed by atoms with Gasteiger partial charge in [0.1, 0.15) is 13.2 Å². The quantitative estimate of drug-likeness (QED) is 0.751. The van der Waals surface area contributed by atoms with Crippen molar-refractivity contribution in [2.24, 2.45) is 0 Å². The summed E-state index contributed by atoms with van der Waals surface area (Å²) in [7, 11) is -3.94. The number of hydrogen-bond donors (Lipinski definition) is 1. The van der Waals surface area contributed by atoms with Crippen molar-refractivity contribution in [3.05, 3.63) is 18.2 Å². The lowest BCUT2D eigenvalue weighted by atomic mass is 10.3. The van der Waals surface area contributed by atoms with Gasteiger partial charge >= 0.3 is 0 Å². The highest BCUT2D eigenvalue weighted by molar-refractivity contribution is 7.89. The summed E-state index contributed by atoms with van der Waals surface area (Å²) in [6.45, 7) is 1.92. The van der Waals surface area contributed by atoms with Crippen LogP contribution in [0.2, 0.25) is 0 Å². The van der Waals surface area contributed by atoms with Crippen molar-refractivity contribution in [1.29, 1.82) is 0 Å². The molecule has 104 valence electrons. The van der Waals surface area contributed by atoms with E-state index >= 15 is 0 Å². The number of nitrogens with one attached hydrogen (secondary N) is 1. The van der Waals surface area contributed by atoms with Crippen LogP contribution in [0, 0.1) is 0 Å². The summed E-state index contributed by atoms with van der Waals surface area (Å²) in [6.07, 6.45) is 0. The van der Waals surface area contributed by atoms with Gasteiger partial charge in [0.05, 0.1) is 16.9 Å². The molecular weight excluding hydrogens is 274 g/mol. The summed E-state index contributed by atoms with van der Waals surface area (Å²) in [6, 6.07) is 2.75. The van der Waals surface area contributed by atoms with E-state index in [1.807, 2.05) is 4.72 Å². The first kappa shape index (κ1) is 13.6. The first-order valence-electron chi connectivity index (χ1n) is 5.53. The lowest BCUT2D eigenvalue weighted by molar-refractivity contribution is -0.307. The molecule has 1 aliphatic heterocycles. The van der Waals surface area contributed by atoms with Crippen LogP contribution in [0.5, 0.6) is 11.5 Å². The number of fused-ring (bicyclic) bond motifs is 1. The molecule has 1 aromatic carbocycles. The molecule has 7 nitrogen and oxygen atoms in total. The van der Waals surface area contributed by atoms with Gasteiger partial charge < -0.3 is 19.4 Å². The van der Waals surface area contributed by atoms with Gasteiger partial charge in [0.15, 0.2) is 11.5 Å². The van der Waals surface area contributed by atoms with E-state index < -0.39 is 22.0 Å². The first-order chi connectivity index (χ1) is 8.90. The Kier molecular flexibility index (Phi) is 3.63. The molecule has 1 N–H and O–H groups in total. The van der Waals surface area contributed by atoms with Gasteiger partial charge in [0.2, 0.25) is 10.0 Å². The molecule has 0 aromatic heterocycles. The van der Waals surface area contributed by atoms with Crippen LogP contribution in [-0.4, -0.2) is 33.6 Å². The normalized spacial score (nSPS) is 15.8. The number of sulfonamides is 1. The maximum atomic E-state index is 11.9. The Hall–Kier alpha value is -1.80. The topological polar surface area (TPSA) is 105 Å². The van der Waals surface area contributed by atoms with E-state index in [1.165, 1.54) is 25.1 Å². The van der Waals surface area contributed by atoms with Crippen LogP contribution in [0.25, 0.3) is 0 Å². The molecule has 0 saturated heterocycles. The van der Waals surface area contributed by atoms with E-state index in [1.54, 1.807) is 0 Å². The standard InChI is InChI=1S/C11H13NO6S/c1-7(11(13)14)12-19(15,16)8-2-3-9-10(6-8)18-5-4-17-9/h2-3,6-7,12H,4-5H2,1H3,(H,13,14)/p-1/t7-/m0/s1. The van der Waals surface area contributed by atoms with Crippen molar-refractivity contribution in [3.63, 3.8) is 0 Å². The fourth-order valence-electron chi connectivity index (χ4n) is 1.54. The van der Waals surface area contributed by atoms with Gasteiger partial charge in [-0.05, 0) is 19.1 Å². The second kappa shape index (κ2) is 5.06. The van der Waals surface area contributed by atoms with Gasteiger partial charge in [0.25, 0.3) is 0 Å². The Bertz CT molecular complexity index is 597. The third kappa shape index (κ3) is 2.96. The molecule has 2 rings (SSSR count). The van der Waals surface area contributed by atoms with Crippen LogP contribution >= 0.6 is 0 Å². The number of carboxylic acids is 1. The molecule has 1 atom stereocenters. The molecule has 0 spiro atoms. The van der Waals surface area contributed by atoms with Crippen molar-refractivity contribution in [2.45, 2.75) is 17.9 Å². The summed E-state index contributed by atoms with van der Waals surface area (Å²) >= 11 is 0. The van der Waals surface area contributed by atoms with E-state index in [4.69, 9.17) is 9.47 Å². The van der Waals surface area contributed by atoms with E-state index in [2.05, 4.69) is 0 Å². The van der Waals surface area contributed by atoms with Gasteiger partial charge in [-0.25, -0.2) is 13.1 Å². The zero-order valence-corrected chi connectivity index (χ0v) is 10.9. The smallest absolute Gasteiger partial charge is 0.241 e. The number of benzene rings is 1. The predicted octanol–water partition coefficient (Wildman–Crippen LogP) is -1.13. The molecule has 0 bridgehead atoms. The number of ether oxygens (including phenoxy) is 2. The van der Waals surface area contributed by atoms with Crippen molar-refractivity contribution < 1.29 is 27.8 Å². The molecule has 0 saturated carbocycles. The summed E-state index contributed by atoms with van der Waals surface area (Å²) in [5.41, 5.74) is 0. The van der Waals surface area contributed by atoms with Crippen LogP contribution in [0.1, 0.15) is 6.92 Å². The van der Waals surface area contributed by atoms with Gasteiger partial charge in [-0.1, -0.05) is 0 Å². The maximum Gasteiger partial charge on any atom is 0.241 e. The van der Waals surface area contributed by atoms with Crippen LogP contribution < -0.4 is 19.3 Å². The summed E-state index contributed by atoms with van der Waals surface area (Å²) < 4.78 is 36.4. The highest BCUT2D eigenvalue weighted by Crippen LogP contribution is 2.32. The summed E-state index contributed by atoms with van der Waals surface area (Å²) in [4.78, 5) is 10.5. The fraction of sp³-hybridized carbons (Fsp3) is 0.364. The number of aliphatic carboxylic acids is 1. The Labute approximate surface area is 110 Å². The Balaban J connectivity index is 2.28. The molecular formula is C11H12NO6S-. The highest BCUT2D eigenvalue weighted by atomic mass is 32.2. The first-order valence-corrected chi connectivity index (χ1v) is 7.01. The van der Waals surface area contributed by atoms with Crippen LogP contribution in [0.3, 0.4) is 0 Å². The molecule has 0 fully saturated rings. The van der Waals surface area contributed by atoms with Crippen LogP contribution in [0.4, 0.5) is 0 Å². The lowest BCUT2D eigenvalue weighted by Crippen LogP contribution is -2.45. The number of hydrogen-bond acceptors (Lipinski definition) is 6. The molecule has 0 unspecified atom stereocenters. The van der Waals surface area contributed by atoms with Crippen LogP contribution in [0.15, 0.2) is 23.1 Å². The minimum Gasteiger partial charge on any atom is -0.548 e. The van der Waals surface area contributed by atoms with E-state index in [0.29, 0.717) is 24.7 Å². The molecule has 8 heteroatoms. The van der Waals surface area contributed by atoms with E-state index in [9.17, 15) is 18.3 Å². The zero-order valence-electron chi connectivity index (χ0n) is 10.1. The fourth-order valence-corrected chi connectivity index (χ4v) is 2.75. The number of rotatable bonds is 4. The molecule has 0 aliphatic carbocycles. The Morgan fingerprint density at radius 2 is 1.95 bits per heavy atom. The average molecular weight is 286 g/mol. The number of carbonyl (C=O) groups is 1. The van der Waals surface area contributed by atoms with Crippen molar-refractivity contribution >= 4 is 16.0 Å². The van der Waals surface area contributed by atoms with Crippen molar-refractivity contribution in [1.82, 2.24) is 4.72 Å². The third-order valence-corrected chi connectivity index (χ3v) is 4.05. The minimum atomic E-state index is -3.94. The minimum absolute atomic E-state index is 0.0927. The maximum absolute atomic E-state index is 11.9. The molecule has 0 radical (unpaired) electrons. The zero-order chi connectivity index (χ0) is 14.0. The second-order valence-electron chi connectivity index (χ2n) is 3.97. The molecule has 0 amide bonds. The SMILES string of the molecule is C[C@H](NS(=O)(=O)c1ccc2c(c1)OCCO2)C(=O)[O-]. The van der Waals surface area contributed by atoms with Gasteiger partial charge in [-0.3, -0.25) is 0 Å². The molecule has 19 heavy (non-hydrogen) atoms. The van der Waals surface area contributed by atoms with Crippen molar-refractivity contribution in [3.8, 4) is 11.5 Å². The van der Waals surface area contributed by atoms with Gasteiger partial charge in [-0.2, -0.15) is 0 Å². The second-order valence-corrected chi connectivity index (χ2v) is 5.68. The van der Waals surface area contributed by atoms with Crippen LogP contribution in [-0.2, 0) is 14.8 Å². The van der Waals surface area contributed by atoms with Gasteiger partial charge in [0, 0.05) is 6.07 Å². The average Bonchev–Trinajstić information content (AvgIpc) is 2.37. The summed E-state index contributed by atoms with van der Waals surface area (Å²) in [5, 5.41) is 10.6.